The molecule has 3 rings (SSSR count). The Labute approximate surface area is 120 Å². The maximum Gasteiger partial charge on any atom is 0.278 e. The first-order valence-corrected chi connectivity index (χ1v) is 6.49. The van der Waals surface area contributed by atoms with E-state index in [1.165, 1.54) is 6.07 Å². The molecule has 0 saturated heterocycles. The molecule has 106 valence electrons. The Hall–Kier alpha value is -2.89. The molecule has 0 fully saturated rings. The fourth-order valence-corrected chi connectivity index (χ4v) is 2.28. The van der Waals surface area contributed by atoms with E-state index in [1.54, 1.807) is 30.7 Å². The van der Waals surface area contributed by atoms with Gasteiger partial charge in [-0.1, -0.05) is 0 Å². The highest BCUT2D eigenvalue weighted by atomic mass is 16.6. The van der Waals surface area contributed by atoms with Crippen LogP contribution in [-0.2, 0) is 0 Å². The van der Waals surface area contributed by atoms with Crippen LogP contribution in [0.2, 0.25) is 0 Å². The Bertz CT molecular complexity index is 784. The van der Waals surface area contributed by atoms with E-state index in [4.69, 9.17) is 4.42 Å². The van der Waals surface area contributed by atoms with Gasteiger partial charge in [0, 0.05) is 12.3 Å². The minimum absolute atomic E-state index is 0.0503. The number of hydrogen-bond acceptors (Lipinski definition) is 5. The van der Waals surface area contributed by atoms with Crippen molar-refractivity contribution in [1.82, 2.24) is 4.98 Å². The Morgan fingerprint density at radius 3 is 2.86 bits per heavy atom. The van der Waals surface area contributed by atoms with Gasteiger partial charge in [-0.15, -0.1) is 0 Å². The van der Waals surface area contributed by atoms with E-state index in [1.807, 2.05) is 19.1 Å². The summed E-state index contributed by atoms with van der Waals surface area (Å²) in [6.07, 6.45) is 3.23. The Balaban J connectivity index is 2.04. The molecule has 1 atom stereocenters. The molecule has 3 aromatic rings. The van der Waals surface area contributed by atoms with Crippen LogP contribution >= 0.6 is 0 Å². The van der Waals surface area contributed by atoms with Crippen molar-refractivity contribution in [3.05, 3.63) is 64.7 Å². The first-order chi connectivity index (χ1) is 10.2. The summed E-state index contributed by atoms with van der Waals surface area (Å²) in [5, 5.41) is 14.9. The van der Waals surface area contributed by atoms with Crippen molar-refractivity contribution in [3.63, 3.8) is 0 Å². The van der Waals surface area contributed by atoms with Crippen LogP contribution in [0.4, 0.5) is 11.4 Å². The molecule has 1 N–H and O–H groups in total. The largest absolute Gasteiger partial charge is 0.467 e. The third-order valence-electron chi connectivity index (χ3n) is 3.29. The Kier molecular flexibility index (Phi) is 3.27. The molecule has 1 aromatic carbocycles. The predicted octanol–water partition coefficient (Wildman–Crippen LogP) is 3.91. The Morgan fingerprint density at radius 1 is 1.29 bits per heavy atom. The molecule has 2 aromatic heterocycles. The van der Waals surface area contributed by atoms with Crippen molar-refractivity contribution < 1.29 is 9.34 Å². The number of nitrogens with zero attached hydrogens (tertiary/aromatic N) is 2. The summed E-state index contributed by atoms with van der Waals surface area (Å²) in [6, 6.07) is 10.2. The SMILES string of the molecule is CC(Nc1ccc([N+](=O)[O-])c2cccnc12)c1ccco1. The van der Waals surface area contributed by atoms with Crippen molar-refractivity contribution in [1.29, 1.82) is 0 Å². The van der Waals surface area contributed by atoms with Gasteiger partial charge in [-0.05, 0) is 37.3 Å². The lowest BCUT2D eigenvalue weighted by Gasteiger charge is -2.14. The summed E-state index contributed by atoms with van der Waals surface area (Å²) in [5.74, 6) is 0.789. The van der Waals surface area contributed by atoms with Crippen LogP contribution in [0.25, 0.3) is 10.9 Å². The highest BCUT2D eigenvalue weighted by molar-refractivity contribution is 5.96. The number of nitro groups is 1. The summed E-state index contributed by atoms with van der Waals surface area (Å²) < 4.78 is 5.35. The lowest BCUT2D eigenvalue weighted by atomic mass is 10.1. The quantitative estimate of drug-likeness (QED) is 0.580. The molecule has 0 saturated carbocycles. The molecule has 0 radical (unpaired) electrons. The maximum atomic E-state index is 11.1. The second kappa shape index (κ2) is 5.24. The molecular weight excluding hydrogens is 270 g/mol. The minimum atomic E-state index is -0.399. The van der Waals surface area contributed by atoms with Crippen molar-refractivity contribution >= 4 is 22.3 Å². The van der Waals surface area contributed by atoms with Gasteiger partial charge in [-0.2, -0.15) is 0 Å². The van der Waals surface area contributed by atoms with Crippen molar-refractivity contribution in [3.8, 4) is 0 Å². The number of aromatic nitrogens is 1. The number of furan rings is 1. The van der Waals surface area contributed by atoms with Crippen LogP contribution in [-0.4, -0.2) is 9.91 Å². The van der Waals surface area contributed by atoms with E-state index in [9.17, 15) is 10.1 Å². The van der Waals surface area contributed by atoms with Crippen molar-refractivity contribution in [2.75, 3.05) is 5.32 Å². The van der Waals surface area contributed by atoms with Gasteiger partial charge < -0.3 is 9.73 Å². The van der Waals surface area contributed by atoms with E-state index in [2.05, 4.69) is 10.3 Å². The van der Waals surface area contributed by atoms with Gasteiger partial charge in [-0.3, -0.25) is 15.1 Å². The standard InChI is InChI=1S/C15H13N3O3/c1-10(14-5-3-9-21-14)17-12-6-7-13(18(19)20)11-4-2-8-16-15(11)12/h2-10,17H,1H3. The lowest BCUT2D eigenvalue weighted by Crippen LogP contribution is -2.06. The predicted molar refractivity (Wildman–Crippen MR) is 79.1 cm³/mol. The van der Waals surface area contributed by atoms with E-state index in [0.29, 0.717) is 10.9 Å². The third-order valence-corrected chi connectivity index (χ3v) is 3.29. The molecule has 0 aliphatic rings. The molecule has 1 unspecified atom stereocenters. The zero-order valence-electron chi connectivity index (χ0n) is 11.3. The zero-order valence-corrected chi connectivity index (χ0v) is 11.3. The minimum Gasteiger partial charge on any atom is -0.467 e. The van der Waals surface area contributed by atoms with Gasteiger partial charge in [0.25, 0.3) is 5.69 Å². The molecule has 6 nitrogen and oxygen atoms in total. The second-order valence-electron chi connectivity index (χ2n) is 4.67. The maximum absolute atomic E-state index is 11.1. The van der Waals surface area contributed by atoms with Gasteiger partial charge in [0.05, 0.1) is 28.3 Å². The second-order valence-corrected chi connectivity index (χ2v) is 4.67. The molecule has 0 aliphatic heterocycles. The highest BCUT2D eigenvalue weighted by Gasteiger charge is 2.16. The number of nitro benzene ring substituents is 1. The molecule has 0 aliphatic carbocycles. The van der Waals surface area contributed by atoms with Gasteiger partial charge in [0.15, 0.2) is 0 Å². The molecule has 0 amide bonds. The third kappa shape index (κ3) is 2.43. The number of pyridine rings is 1. The molecule has 0 spiro atoms. The fraction of sp³-hybridized carbons (Fsp3) is 0.133. The summed E-state index contributed by atoms with van der Waals surface area (Å²) in [5.41, 5.74) is 1.36. The van der Waals surface area contributed by atoms with Crippen LogP contribution in [0.1, 0.15) is 18.7 Å². The van der Waals surface area contributed by atoms with Gasteiger partial charge in [-0.25, -0.2) is 0 Å². The highest BCUT2D eigenvalue weighted by Crippen LogP contribution is 2.31. The summed E-state index contributed by atoms with van der Waals surface area (Å²) >= 11 is 0. The van der Waals surface area contributed by atoms with E-state index >= 15 is 0 Å². The Morgan fingerprint density at radius 2 is 2.14 bits per heavy atom. The zero-order chi connectivity index (χ0) is 14.8. The molecule has 0 bridgehead atoms. The van der Waals surface area contributed by atoms with E-state index in [0.717, 1.165) is 11.4 Å². The first-order valence-electron chi connectivity index (χ1n) is 6.49. The number of benzene rings is 1. The van der Waals surface area contributed by atoms with Crippen LogP contribution in [0.5, 0.6) is 0 Å². The molecule has 21 heavy (non-hydrogen) atoms. The number of non-ortho nitro benzene ring substituents is 1. The van der Waals surface area contributed by atoms with Crippen LogP contribution in [0, 0.1) is 10.1 Å². The van der Waals surface area contributed by atoms with E-state index in [-0.39, 0.29) is 11.7 Å². The molecular formula is C15H13N3O3. The van der Waals surface area contributed by atoms with Crippen molar-refractivity contribution in [2.45, 2.75) is 13.0 Å². The lowest BCUT2D eigenvalue weighted by molar-refractivity contribution is -0.383. The van der Waals surface area contributed by atoms with Gasteiger partial charge in [0.1, 0.15) is 11.3 Å². The van der Waals surface area contributed by atoms with Crippen LogP contribution in [0.15, 0.2) is 53.3 Å². The van der Waals surface area contributed by atoms with Gasteiger partial charge >= 0.3 is 0 Å². The van der Waals surface area contributed by atoms with Crippen LogP contribution < -0.4 is 5.32 Å². The first kappa shape index (κ1) is 13.1. The topological polar surface area (TPSA) is 81.2 Å². The van der Waals surface area contributed by atoms with Crippen molar-refractivity contribution in [2.24, 2.45) is 0 Å². The normalized spacial score (nSPS) is 12.2. The van der Waals surface area contributed by atoms with E-state index < -0.39 is 4.92 Å². The number of anilines is 1. The average Bonchev–Trinajstić information content (AvgIpc) is 3.01. The molecule has 2 heterocycles. The summed E-state index contributed by atoms with van der Waals surface area (Å²) in [4.78, 5) is 14.9. The van der Waals surface area contributed by atoms with Crippen LogP contribution in [0.3, 0.4) is 0 Å². The van der Waals surface area contributed by atoms with Gasteiger partial charge in [0.2, 0.25) is 0 Å². The monoisotopic (exact) mass is 283 g/mol. The number of rotatable bonds is 4. The fourth-order valence-electron chi connectivity index (χ4n) is 2.28. The number of hydrogen-bond donors (Lipinski definition) is 1. The molecule has 6 heteroatoms. The number of nitrogens with one attached hydrogen (secondary N) is 1. The smallest absolute Gasteiger partial charge is 0.278 e. The summed E-state index contributed by atoms with van der Waals surface area (Å²) in [6.45, 7) is 1.95. The summed E-state index contributed by atoms with van der Waals surface area (Å²) in [7, 11) is 0. The average molecular weight is 283 g/mol. The number of fused-ring (bicyclic) bond motifs is 1.